The SMILES string of the molecule is Cc1ccc(C)c(N2N=C(C(=O)Nc3ccc(S(C)(=O)=O)cc3)CCC2=O)c1. The molecule has 8 heteroatoms. The van der Waals surface area contributed by atoms with Crippen molar-refractivity contribution in [2.45, 2.75) is 31.6 Å². The van der Waals surface area contributed by atoms with Gasteiger partial charge in [0.15, 0.2) is 9.84 Å². The van der Waals surface area contributed by atoms with Crippen molar-refractivity contribution in [1.82, 2.24) is 0 Å². The summed E-state index contributed by atoms with van der Waals surface area (Å²) < 4.78 is 23.0. The maximum absolute atomic E-state index is 12.6. The Morgan fingerprint density at radius 1 is 1.07 bits per heavy atom. The van der Waals surface area contributed by atoms with Crippen LogP contribution in [-0.2, 0) is 19.4 Å². The second kappa shape index (κ2) is 7.55. The first-order chi connectivity index (χ1) is 13.1. The van der Waals surface area contributed by atoms with Crippen molar-refractivity contribution in [1.29, 1.82) is 0 Å². The predicted molar refractivity (Wildman–Crippen MR) is 108 cm³/mol. The minimum atomic E-state index is -3.30. The molecule has 1 aliphatic rings. The lowest BCUT2D eigenvalue weighted by molar-refractivity contribution is -0.118. The highest BCUT2D eigenvalue weighted by Gasteiger charge is 2.26. The van der Waals surface area contributed by atoms with Crippen LogP contribution in [0.15, 0.2) is 52.5 Å². The monoisotopic (exact) mass is 399 g/mol. The number of amides is 2. The van der Waals surface area contributed by atoms with Gasteiger partial charge in [-0.25, -0.2) is 13.4 Å². The van der Waals surface area contributed by atoms with E-state index in [1.165, 1.54) is 29.3 Å². The number of sulfone groups is 1. The van der Waals surface area contributed by atoms with Gasteiger partial charge >= 0.3 is 0 Å². The van der Waals surface area contributed by atoms with Gasteiger partial charge in [0.25, 0.3) is 5.91 Å². The second-order valence-electron chi connectivity index (χ2n) is 6.79. The van der Waals surface area contributed by atoms with E-state index in [0.29, 0.717) is 11.4 Å². The van der Waals surface area contributed by atoms with Crippen LogP contribution in [0, 0.1) is 13.8 Å². The number of nitrogens with one attached hydrogen (secondary N) is 1. The molecule has 0 atom stereocenters. The van der Waals surface area contributed by atoms with Gasteiger partial charge in [-0.15, -0.1) is 0 Å². The molecule has 0 saturated carbocycles. The van der Waals surface area contributed by atoms with E-state index in [9.17, 15) is 18.0 Å². The van der Waals surface area contributed by atoms with Crippen LogP contribution >= 0.6 is 0 Å². The quantitative estimate of drug-likeness (QED) is 0.855. The number of nitrogens with zero attached hydrogens (tertiary/aromatic N) is 2. The zero-order valence-electron chi connectivity index (χ0n) is 15.9. The van der Waals surface area contributed by atoms with Crippen molar-refractivity contribution in [3.8, 4) is 0 Å². The standard InChI is InChI=1S/C20H21N3O4S/c1-13-4-5-14(2)18(12-13)23-19(24)11-10-17(22-23)20(25)21-15-6-8-16(9-7-15)28(3,26)27/h4-9,12H,10-11H2,1-3H3,(H,21,25). The van der Waals surface area contributed by atoms with E-state index in [2.05, 4.69) is 10.4 Å². The molecule has 0 aromatic heterocycles. The molecule has 0 fully saturated rings. The third kappa shape index (κ3) is 4.28. The number of aryl methyl sites for hydroxylation is 2. The Kier molecular flexibility index (Phi) is 5.33. The summed E-state index contributed by atoms with van der Waals surface area (Å²) in [4.78, 5) is 25.1. The Morgan fingerprint density at radius 3 is 2.39 bits per heavy atom. The fourth-order valence-electron chi connectivity index (χ4n) is 2.84. The van der Waals surface area contributed by atoms with Gasteiger partial charge in [0.1, 0.15) is 5.71 Å². The Labute approximate surface area is 164 Å². The molecule has 2 amide bonds. The fraction of sp³-hybridized carbons (Fsp3) is 0.250. The van der Waals surface area contributed by atoms with E-state index in [-0.39, 0.29) is 29.4 Å². The molecule has 0 unspecified atom stereocenters. The highest BCUT2D eigenvalue weighted by Crippen LogP contribution is 2.25. The Hall–Kier alpha value is -3.00. The number of hydrogen-bond donors (Lipinski definition) is 1. The summed E-state index contributed by atoms with van der Waals surface area (Å²) >= 11 is 0. The molecule has 0 radical (unpaired) electrons. The fourth-order valence-corrected chi connectivity index (χ4v) is 3.47. The maximum atomic E-state index is 12.6. The Morgan fingerprint density at radius 2 is 1.75 bits per heavy atom. The molecule has 0 bridgehead atoms. The van der Waals surface area contributed by atoms with Crippen LogP contribution in [0.2, 0.25) is 0 Å². The van der Waals surface area contributed by atoms with Crippen molar-refractivity contribution in [2.24, 2.45) is 5.10 Å². The van der Waals surface area contributed by atoms with Gasteiger partial charge in [-0.05, 0) is 55.3 Å². The van der Waals surface area contributed by atoms with Crippen LogP contribution in [0.4, 0.5) is 11.4 Å². The van der Waals surface area contributed by atoms with Gasteiger partial charge in [0, 0.05) is 24.8 Å². The number of benzene rings is 2. The molecule has 1 heterocycles. The highest BCUT2D eigenvalue weighted by molar-refractivity contribution is 7.90. The molecular weight excluding hydrogens is 378 g/mol. The van der Waals surface area contributed by atoms with E-state index < -0.39 is 15.7 Å². The first-order valence-electron chi connectivity index (χ1n) is 8.74. The highest BCUT2D eigenvalue weighted by atomic mass is 32.2. The molecule has 0 saturated heterocycles. The van der Waals surface area contributed by atoms with Gasteiger partial charge < -0.3 is 5.32 Å². The summed E-state index contributed by atoms with van der Waals surface area (Å²) in [6.45, 7) is 3.81. The van der Waals surface area contributed by atoms with Gasteiger partial charge in [0.2, 0.25) is 5.91 Å². The van der Waals surface area contributed by atoms with E-state index in [0.717, 1.165) is 17.4 Å². The summed E-state index contributed by atoms with van der Waals surface area (Å²) in [5, 5.41) is 8.27. The van der Waals surface area contributed by atoms with Crippen molar-refractivity contribution in [3.05, 3.63) is 53.6 Å². The lowest BCUT2D eigenvalue weighted by Gasteiger charge is -2.24. The van der Waals surface area contributed by atoms with Crippen molar-refractivity contribution in [2.75, 3.05) is 16.6 Å². The smallest absolute Gasteiger partial charge is 0.271 e. The minimum absolute atomic E-state index is 0.164. The zero-order chi connectivity index (χ0) is 20.5. The molecule has 2 aromatic carbocycles. The summed E-state index contributed by atoms with van der Waals surface area (Å²) in [6, 6.07) is 11.6. The molecule has 2 aromatic rings. The molecule has 0 spiro atoms. The predicted octanol–water partition coefficient (Wildman–Crippen LogP) is 2.83. The van der Waals surface area contributed by atoms with Crippen molar-refractivity contribution < 1.29 is 18.0 Å². The molecule has 0 aliphatic carbocycles. The Balaban J connectivity index is 1.83. The minimum Gasteiger partial charge on any atom is -0.321 e. The maximum Gasteiger partial charge on any atom is 0.271 e. The molecule has 1 N–H and O–H groups in total. The molecule has 3 rings (SSSR count). The first kappa shape index (κ1) is 19.8. The van der Waals surface area contributed by atoms with E-state index in [1.807, 2.05) is 32.0 Å². The first-order valence-corrected chi connectivity index (χ1v) is 10.6. The average molecular weight is 399 g/mol. The van der Waals surface area contributed by atoms with E-state index >= 15 is 0 Å². The summed E-state index contributed by atoms with van der Waals surface area (Å²) in [7, 11) is -3.30. The third-order valence-corrected chi connectivity index (χ3v) is 5.56. The summed E-state index contributed by atoms with van der Waals surface area (Å²) in [5.74, 6) is -0.585. The normalized spacial score (nSPS) is 14.6. The van der Waals surface area contributed by atoms with Crippen LogP contribution < -0.4 is 10.3 Å². The van der Waals surface area contributed by atoms with Gasteiger partial charge in [0.05, 0.1) is 10.6 Å². The second-order valence-corrected chi connectivity index (χ2v) is 8.81. The van der Waals surface area contributed by atoms with Crippen LogP contribution in [0.5, 0.6) is 0 Å². The number of anilines is 2. The van der Waals surface area contributed by atoms with Gasteiger partial charge in [-0.3, -0.25) is 9.59 Å². The molecule has 1 aliphatic heterocycles. The van der Waals surface area contributed by atoms with Crippen LogP contribution in [0.25, 0.3) is 0 Å². The third-order valence-electron chi connectivity index (χ3n) is 4.43. The van der Waals surface area contributed by atoms with Crippen molar-refractivity contribution >= 4 is 38.7 Å². The number of carbonyl (C=O) groups is 2. The van der Waals surface area contributed by atoms with E-state index in [1.54, 1.807) is 0 Å². The Bertz CT molecular complexity index is 1070. The molecule has 146 valence electrons. The zero-order valence-corrected chi connectivity index (χ0v) is 16.7. The van der Waals surface area contributed by atoms with Crippen LogP contribution in [-0.4, -0.2) is 32.2 Å². The van der Waals surface area contributed by atoms with Gasteiger partial charge in [-0.2, -0.15) is 5.10 Å². The lowest BCUT2D eigenvalue weighted by Crippen LogP contribution is -2.36. The van der Waals surface area contributed by atoms with Gasteiger partial charge in [-0.1, -0.05) is 12.1 Å². The number of hydrazone groups is 1. The molecule has 28 heavy (non-hydrogen) atoms. The average Bonchev–Trinajstić information content (AvgIpc) is 2.64. The number of rotatable bonds is 4. The lowest BCUT2D eigenvalue weighted by atomic mass is 10.1. The number of hydrogen-bond acceptors (Lipinski definition) is 5. The van der Waals surface area contributed by atoms with E-state index in [4.69, 9.17) is 0 Å². The molecule has 7 nitrogen and oxygen atoms in total. The molecular formula is C20H21N3O4S. The van der Waals surface area contributed by atoms with Crippen LogP contribution in [0.3, 0.4) is 0 Å². The topological polar surface area (TPSA) is 95.9 Å². The largest absolute Gasteiger partial charge is 0.321 e. The van der Waals surface area contributed by atoms with Crippen molar-refractivity contribution in [3.63, 3.8) is 0 Å². The number of carbonyl (C=O) groups excluding carboxylic acids is 2. The van der Waals surface area contributed by atoms with Crippen LogP contribution in [0.1, 0.15) is 24.0 Å². The summed E-state index contributed by atoms with van der Waals surface area (Å²) in [6.07, 6.45) is 1.55. The summed E-state index contributed by atoms with van der Waals surface area (Å²) in [5.41, 5.74) is 3.24.